The number of hydrogen-bond acceptors (Lipinski definition) is 10. The molecule has 0 saturated heterocycles. The molecule has 4 aliphatic carbocycles. The van der Waals surface area contributed by atoms with Crippen molar-refractivity contribution in [2.45, 2.75) is 68.7 Å². The van der Waals surface area contributed by atoms with Gasteiger partial charge in [-0.05, 0) is 57.3 Å². The molecule has 4 aliphatic rings. The number of phenols is 1. The number of aliphatic hydroxyl groups excluding tert-OH is 1. The average molecular weight is 599 g/mol. The van der Waals surface area contributed by atoms with Crippen LogP contribution in [-0.2, 0) is 20.8 Å². The van der Waals surface area contributed by atoms with Crippen LogP contribution in [0.15, 0.2) is 11.1 Å². The van der Waals surface area contributed by atoms with E-state index < -0.39 is 70.4 Å². The molecule has 3 unspecified atom stereocenters. The number of primary amides is 1. The van der Waals surface area contributed by atoms with Gasteiger partial charge in [-0.25, -0.2) is 4.99 Å². The number of phenolic OH excluding ortho intramolecular Hbond substituents is 1. The molecule has 0 radical (unpaired) electrons. The van der Waals surface area contributed by atoms with Gasteiger partial charge in [-0.3, -0.25) is 19.2 Å². The lowest BCUT2D eigenvalue weighted by Crippen LogP contribution is -2.75. The Morgan fingerprint density at radius 3 is 2.30 bits per heavy atom. The monoisotopic (exact) mass is 598 g/mol. The van der Waals surface area contributed by atoms with Gasteiger partial charge < -0.3 is 41.9 Å². The van der Waals surface area contributed by atoms with E-state index in [9.17, 15) is 34.5 Å². The van der Waals surface area contributed by atoms with Crippen LogP contribution in [0, 0.1) is 23.7 Å². The minimum absolute atomic E-state index is 0.0455. The summed E-state index contributed by atoms with van der Waals surface area (Å²) in [5, 5.41) is 37.2. The number of anilines is 2. The molecule has 1 amide bonds. The standard InChI is InChI=1S/C30H42N6O7/c1-35(2)18-12-17(34-29(32)33-14-8-6-5-7-9-14)23(37)20-15(18)10-13-11-16-22(36(3)4)25(39)21(28(31)42)27(41)30(16,43)26(40)19(13)24(20)38/h12-14,16,19,21-22,25,37,39,43H,5-11H2,1-4H3,(H2,31,42)(H3,32,33,34)/t13-,16-,19?,21?,22-,25?,30-/m1/s1. The summed E-state index contributed by atoms with van der Waals surface area (Å²) in [4.78, 5) is 62.0. The summed E-state index contributed by atoms with van der Waals surface area (Å²) in [6.45, 7) is 0. The number of Topliss-reactive ketones (excluding diaryl/α,β-unsaturated/α-hetero) is 3. The van der Waals surface area contributed by atoms with Crippen LogP contribution in [0.1, 0.15) is 54.4 Å². The number of nitrogens with one attached hydrogen (secondary N) is 1. The Balaban J connectivity index is 1.58. The first kappa shape index (κ1) is 30.9. The van der Waals surface area contributed by atoms with Crippen molar-refractivity contribution in [3.63, 3.8) is 0 Å². The zero-order valence-electron chi connectivity index (χ0n) is 25.0. The highest BCUT2D eigenvalue weighted by Gasteiger charge is 2.69. The van der Waals surface area contributed by atoms with E-state index in [-0.39, 0.29) is 36.1 Å². The SMILES string of the molecule is CN(C)c1cc(NC(N)=NC2CCCCC2)c(O)c2c1C[C@@H]1C[C@@H]3[C@@H](N(C)C)C(O)C(C(N)=O)C(=O)[C@]3(O)C(=O)C1C2=O. The summed E-state index contributed by atoms with van der Waals surface area (Å²) in [6.07, 6.45) is 3.80. The molecule has 13 heteroatoms. The molecule has 3 saturated carbocycles. The number of likely N-dealkylation sites (N-methyl/N-ethyl adjacent to an activating group) is 1. The predicted molar refractivity (Wildman–Crippen MR) is 159 cm³/mol. The number of ketones is 3. The van der Waals surface area contributed by atoms with Crippen molar-refractivity contribution >= 4 is 40.6 Å². The summed E-state index contributed by atoms with van der Waals surface area (Å²) >= 11 is 0. The van der Waals surface area contributed by atoms with Gasteiger partial charge >= 0.3 is 0 Å². The number of nitrogens with zero attached hydrogens (tertiary/aromatic N) is 3. The number of guanidine groups is 1. The van der Waals surface area contributed by atoms with E-state index in [0.29, 0.717) is 11.3 Å². The zero-order valence-corrected chi connectivity index (χ0v) is 25.0. The van der Waals surface area contributed by atoms with E-state index in [2.05, 4.69) is 10.3 Å². The summed E-state index contributed by atoms with van der Waals surface area (Å²) in [5.74, 6) is -9.42. The molecule has 0 bridgehead atoms. The van der Waals surface area contributed by atoms with Gasteiger partial charge in [0, 0.05) is 31.7 Å². The fourth-order valence-corrected chi connectivity index (χ4v) is 7.94. The second-order valence-corrected chi connectivity index (χ2v) is 12.9. The summed E-state index contributed by atoms with van der Waals surface area (Å²) < 4.78 is 0. The van der Waals surface area contributed by atoms with Gasteiger partial charge in [-0.1, -0.05) is 19.3 Å². The Morgan fingerprint density at radius 2 is 1.72 bits per heavy atom. The molecule has 7 atom stereocenters. The predicted octanol–water partition coefficient (Wildman–Crippen LogP) is -0.216. The number of nitrogens with two attached hydrogens (primary N) is 2. The van der Waals surface area contributed by atoms with Crippen molar-refractivity contribution < 1.29 is 34.5 Å². The summed E-state index contributed by atoms with van der Waals surface area (Å²) in [5.41, 5.74) is 10.1. The van der Waals surface area contributed by atoms with Crippen molar-refractivity contribution in [2.75, 3.05) is 38.4 Å². The van der Waals surface area contributed by atoms with E-state index in [1.807, 2.05) is 0 Å². The van der Waals surface area contributed by atoms with Crippen LogP contribution in [0.4, 0.5) is 11.4 Å². The maximum Gasteiger partial charge on any atom is 0.230 e. The number of hydrogen-bond donors (Lipinski definition) is 6. The molecular formula is C30H42N6O7. The molecular weight excluding hydrogens is 556 g/mol. The van der Waals surface area contributed by atoms with E-state index in [0.717, 1.165) is 32.1 Å². The van der Waals surface area contributed by atoms with Gasteiger partial charge in [0.2, 0.25) is 5.91 Å². The molecule has 5 rings (SSSR count). The third-order valence-electron chi connectivity index (χ3n) is 9.91. The van der Waals surface area contributed by atoms with Crippen molar-refractivity contribution in [1.29, 1.82) is 0 Å². The first-order valence-electron chi connectivity index (χ1n) is 14.9. The Bertz CT molecular complexity index is 1390. The Morgan fingerprint density at radius 1 is 1.07 bits per heavy atom. The molecule has 0 spiro atoms. The number of aliphatic hydroxyl groups is 2. The number of rotatable bonds is 5. The Hall–Kier alpha value is -3.55. The average Bonchev–Trinajstić information content (AvgIpc) is 2.92. The highest BCUT2D eigenvalue weighted by atomic mass is 16.3. The van der Waals surface area contributed by atoms with Crippen LogP contribution in [0.5, 0.6) is 5.75 Å². The number of benzene rings is 1. The minimum Gasteiger partial charge on any atom is -0.505 e. The van der Waals surface area contributed by atoms with Crippen LogP contribution in [-0.4, -0.2) is 101 Å². The molecule has 3 fully saturated rings. The lowest BCUT2D eigenvalue weighted by atomic mass is 9.52. The van der Waals surface area contributed by atoms with Gasteiger partial charge in [0.1, 0.15) is 11.7 Å². The fourth-order valence-electron chi connectivity index (χ4n) is 7.94. The van der Waals surface area contributed by atoms with Gasteiger partial charge in [0.25, 0.3) is 0 Å². The normalized spacial score (nSPS) is 33.1. The number of aliphatic imine (C=N–C) groups is 1. The van der Waals surface area contributed by atoms with Crippen LogP contribution >= 0.6 is 0 Å². The number of amides is 1. The Kier molecular flexibility index (Phi) is 8.03. The smallest absolute Gasteiger partial charge is 0.230 e. The van der Waals surface area contributed by atoms with E-state index in [1.54, 1.807) is 44.1 Å². The van der Waals surface area contributed by atoms with Crippen LogP contribution in [0.25, 0.3) is 0 Å². The lowest BCUT2D eigenvalue weighted by Gasteiger charge is -2.55. The minimum atomic E-state index is -2.71. The Labute approximate surface area is 250 Å². The molecule has 1 aromatic rings. The molecule has 8 N–H and O–H groups in total. The molecule has 0 heterocycles. The van der Waals surface area contributed by atoms with Gasteiger partial charge in [-0.15, -0.1) is 0 Å². The van der Waals surface area contributed by atoms with E-state index in [1.165, 1.54) is 0 Å². The quantitative estimate of drug-likeness (QED) is 0.113. The fraction of sp³-hybridized carbons (Fsp3) is 0.633. The van der Waals surface area contributed by atoms with Crippen molar-refractivity contribution in [3.05, 3.63) is 17.2 Å². The van der Waals surface area contributed by atoms with E-state index in [4.69, 9.17) is 11.5 Å². The molecule has 13 nitrogen and oxygen atoms in total. The molecule has 234 valence electrons. The number of aromatic hydroxyl groups is 1. The van der Waals surface area contributed by atoms with Crippen molar-refractivity contribution in [1.82, 2.24) is 4.90 Å². The van der Waals surface area contributed by atoms with E-state index >= 15 is 0 Å². The van der Waals surface area contributed by atoms with Gasteiger partial charge in [0.05, 0.1) is 29.3 Å². The number of carbonyl (C=O) groups is 4. The van der Waals surface area contributed by atoms with Gasteiger partial charge in [0.15, 0.2) is 28.9 Å². The second-order valence-electron chi connectivity index (χ2n) is 12.9. The summed E-state index contributed by atoms with van der Waals surface area (Å²) in [6, 6.07) is 0.786. The largest absolute Gasteiger partial charge is 0.505 e. The van der Waals surface area contributed by atoms with Crippen LogP contribution < -0.4 is 21.7 Å². The number of fused-ring (bicyclic) bond motifs is 3. The third kappa shape index (κ3) is 4.87. The van der Waals surface area contributed by atoms with Crippen LogP contribution in [0.2, 0.25) is 0 Å². The van der Waals surface area contributed by atoms with Crippen molar-refractivity contribution in [3.8, 4) is 5.75 Å². The highest BCUT2D eigenvalue weighted by Crippen LogP contribution is 2.53. The topological polar surface area (TPSA) is 212 Å². The highest BCUT2D eigenvalue weighted by molar-refractivity contribution is 6.26. The zero-order chi connectivity index (χ0) is 31.5. The molecule has 43 heavy (non-hydrogen) atoms. The third-order valence-corrected chi connectivity index (χ3v) is 9.91. The van der Waals surface area contributed by atoms with Crippen LogP contribution in [0.3, 0.4) is 0 Å². The van der Waals surface area contributed by atoms with Gasteiger partial charge in [-0.2, -0.15) is 0 Å². The molecule has 0 aromatic heterocycles. The maximum absolute atomic E-state index is 14.2. The first-order valence-corrected chi connectivity index (χ1v) is 14.9. The maximum atomic E-state index is 14.2. The van der Waals surface area contributed by atoms with Crippen molar-refractivity contribution in [2.24, 2.45) is 40.1 Å². The number of carbonyl (C=O) groups excluding carboxylic acids is 4. The molecule has 1 aromatic carbocycles. The molecule has 0 aliphatic heterocycles. The second kappa shape index (κ2) is 11.2. The lowest BCUT2D eigenvalue weighted by molar-refractivity contribution is -0.190. The first-order chi connectivity index (χ1) is 20.2. The summed E-state index contributed by atoms with van der Waals surface area (Å²) in [7, 11) is 6.80.